The van der Waals surface area contributed by atoms with Gasteiger partial charge in [0, 0.05) is 22.5 Å². The smallest absolute Gasteiger partial charge is 0.407 e. The van der Waals surface area contributed by atoms with Crippen LogP contribution >= 0.6 is 0 Å². The number of nitrogens with one attached hydrogen (secondary N) is 3. The standard InChI is InChI=1S/C52H65N3O6/c1-46(2,3)61-44(58)49-19-35-14-36(20-49)24-51(23-35,30-49)54-42(56)47-15-31-12-32(16-47)22-50(21-31,28-47)53-43(57)48-17-33-13-34(18-48)26-52(25-33,29-48)55-45(59)60-27-41-39-10-6-4-8-37(39)38-9-5-7-11-40(38)41/h4-11,31-36,41H,12-30H2,1-3H3,(H,53,57)(H,54,56)(H,55,59)/t31-,32+,33-,34+,35-,36+,47?,48?,49?,50?,51?,52?. The monoisotopic (exact) mass is 827 g/mol. The van der Waals surface area contributed by atoms with Crippen LogP contribution in [0.2, 0.25) is 0 Å². The predicted molar refractivity (Wildman–Crippen MR) is 230 cm³/mol. The first-order valence-electron chi connectivity index (χ1n) is 24.1. The Labute approximate surface area is 361 Å². The molecule has 9 nitrogen and oxygen atoms in total. The third-order valence-corrected chi connectivity index (χ3v) is 18.4. The summed E-state index contributed by atoms with van der Waals surface area (Å²) < 4.78 is 12.2. The van der Waals surface area contributed by atoms with E-state index in [-0.39, 0.29) is 47.5 Å². The molecular weight excluding hydrogens is 763 g/mol. The van der Waals surface area contributed by atoms with Gasteiger partial charge in [0.2, 0.25) is 11.8 Å². The maximum atomic E-state index is 15.1. The van der Waals surface area contributed by atoms with Crippen molar-refractivity contribution in [2.75, 3.05) is 6.61 Å². The molecule has 0 radical (unpaired) electrons. The Hall–Kier alpha value is -3.88. The highest BCUT2D eigenvalue weighted by Gasteiger charge is 2.67. The van der Waals surface area contributed by atoms with Gasteiger partial charge >= 0.3 is 12.1 Å². The highest BCUT2D eigenvalue weighted by molar-refractivity contribution is 5.87. The van der Waals surface area contributed by atoms with Crippen molar-refractivity contribution < 1.29 is 28.7 Å². The van der Waals surface area contributed by atoms with Crippen molar-refractivity contribution in [2.45, 2.75) is 164 Å². The topological polar surface area (TPSA) is 123 Å². The fourth-order valence-corrected chi connectivity index (χ4v) is 18.0. The minimum absolute atomic E-state index is 0.00123. The number of hydrogen-bond acceptors (Lipinski definition) is 6. The van der Waals surface area contributed by atoms with E-state index in [2.05, 4.69) is 64.5 Å². The number of carbonyl (C=O) groups is 4. The lowest BCUT2D eigenvalue weighted by molar-refractivity contribution is -0.188. The van der Waals surface area contributed by atoms with Gasteiger partial charge < -0.3 is 25.4 Å². The highest BCUT2D eigenvalue weighted by Crippen LogP contribution is 2.66. The third-order valence-electron chi connectivity index (χ3n) is 18.4. The maximum Gasteiger partial charge on any atom is 0.407 e. The fraction of sp³-hybridized carbons (Fsp3) is 0.692. The van der Waals surface area contributed by atoms with E-state index in [4.69, 9.17) is 9.47 Å². The Kier molecular flexibility index (Phi) is 8.18. The Morgan fingerprint density at radius 2 is 0.918 bits per heavy atom. The summed E-state index contributed by atoms with van der Waals surface area (Å²) in [5.41, 5.74) is 1.59. The minimum Gasteiger partial charge on any atom is -0.460 e. The number of rotatable bonds is 8. The van der Waals surface area contributed by atoms with Gasteiger partial charge in [0.25, 0.3) is 0 Å². The lowest BCUT2D eigenvalue weighted by atomic mass is 9.44. The lowest BCUT2D eigenvalue weighted by Crippen LogP contribution is -2.71. The second-order valence-electron chi connectivity index (χ2n) is 24.4. The molecule has 12 saturated carbocycles. The molecule has 15 rings (SSSR count). The molecule has 9 heteroatoms. The molecule has 0 spiro atoms. The minimum atomic E-state index is -0.537. The molecule has 3 N–H and O–H groups in total. The van der Waals surface area contributed by atoms with Crippen molar-refractivity contribution in [2.24, 2.45) is 51.8 Å². The van der Waals surface area contributed by atoms with Crippen molar-refractivity contribution in [1.29, 1.82) is 0 Å². The second kappa shape index (κ2) is 12.9. The van der Waals surface area contributed by atoms with Crippen molar-refractivity contribution >= 4 is 23.9 Å². The number of ether oxygens (including phenoxy) is 2. The number of benzene rings is 2. The molecule has 0 saturated heterocycles. The van der Waals surface area contributed by atoms with Crippen LogP contribution in [0.3, 0.4) is 0 Å². The van der Waals surface area contributed by atoms with Gasteiger partial charge in [-0.25, -0.2) is 4.79 Å². The van der Waals surface area contributed by atoms with Crippen LogP contribution < -0.4 is 16.0 Å². The molecule has 324 valence electrons. The van der Waals surface area contributed by atoms with E-state index in [1.807, 2.05) is 20.8 Å². The number of esters is 1. The van der Waals surface area contributed by atoms with Gasteiger partial charge in [0.1, 0.15) is 12.2 Å². The van der Waals surface area contributed by atoms with E-state index < -0.39 is 27.4 Å². The predicted octanol–water partition coefficient (Wildman–Crippen LogP) is 9.12. The number of fused-ring (bicyclic) bond motifs is 3. The van der Waals surface area contributed by atoms with Gasteiger partial charge in [-0.15, -0.1) is 0 Å². The van der Waals surface area contributed by atoms with Gasteiger partial charge in [0.05, 0.1) is 16.2 Å². The van der Waals surface area contributed by atoms with Crippen molar-refractivity contribution in [3.63, 3.8) is 0 Å². The first-order valence-corrected chi connectivity index (χ1v) is 24.1. The first kappa shape index (κ1) is 38.8. The van der Waals surface area contributed by atoms with E-state index in [0.717, 1.165) is 96.3 Å². The zero-order chi connectivity index (χ0) is 41.8. The molecule has 61 heavy (non-hydrogen) atoms. The van der Waals surface area contributed by atoms with Crippen LogP contribution in [-0.4, -0.2) is 52.7 Å². The molecule has 12 atom stereocenters. The summed E-state index contributed by atoms with van der Waals surface area (Å²) in [5, 5.41) is 11.0. The third kappa shape index (κ3) is 6.18. The van der Waals surface area contributed by atoms with Gasteiger partial charge in [0.15, 0.2) is 0 Å². The van der Waals surface area contributed by atoms with Gasteiger partial charge in [-0.05, 0) is 194 Å². The quantitative estimate of drug-likeness (QED) is 0.228. The molecule has 0 aliphatic heterocycles. The Bertz CT molecular complexity index is 2130. The van der Waals surface area contributed by atoms with Crippen LogP contribution in [-0.2, 0) is 23.9 Å². The van der Waals surface area contributed by atoms with Crippen molar-refractivity contribution in [1.82, 2.24) is 16.0 Å². The summed E-state index contributed by atoms with van der Waals surface area (Å²) in [6.45, 7) is 6.14. The largest absolute Gasteiger partial charge is 0.460 e. The van der Waals surface area contributed by atoms with Crippen LogP contribution in [0.5, 0.6) is 0 Å². The maximum absolute atomic E-state index is 15.1. The number of amides is 3. The van der Waals surface area contributed by atoms with Crippen LogP contribution in [0.4, 0.5) is 4.79 Å². The molecule has 12 bridgehead atoms. The lowest BCUT2D eigenvalue weighted by Gasteiger charge is -2.65. The van der Waals surface area contributed by atoms with Crippen molar-refractivity contribution in [3.05, 3.63) is 59.7 Å². The fourth-order valence-electron chi connectivity index (χ4n) is 18.0. The summed E-state index contributed by atoms with van der Waals surface area (Å²) in [4.78, 5) is 57.8. The number of hydrogen-bond donors (Lipinski definition) is 3. The summed E-state index contributed by atoms with van der Waals surface area (Å²) >= 11 is 0. The first-order chi connectivity index (χ1) is 29.1. The molecule has 0 aromatic heterocycles. The summed E-state index contributed by atoms with van der Waals surface area (Å²) in [7, 11) is 0. The average Bonchev–Trinajstić information content (AvgIpc) is 3.48. The zero-order valence-electron chi connectivity index (χ0n) is 36.5. The number of alkyl carbamates (subject to hydrolysis) is 1. The normalized spacial score (nSPS) is 42.8. The van der Waals surface area contributed by atoms with Crippen LogP contribution in [0.25, 0.3) is 11.1 Å². The van der Waals surface area contributed by atoms with E-state index in [0.29, 0.717) is 54.8 Å². The van der Waals surface area contributed by atoms with Gasteiger partial charge in [-0.2, -0.15) is 0 Å². The van der Waals surface area contributed by atoms with E-state index in [1.54, 1.807) is 0 Å². The van der Waals surface area contributed by atoms with E-state index in [1.165, 1.54) is 22.3 Å². The molecule has 12 fully saturated rings. The van der Waals surface area contributed by atoms with Crippen LogP contribution in [0.15, 0.2) is 48.5 Å². The number of carbonyl (C=O) groups excluding carboxylic acids is 4. The van der Waals surface area contributed by atoms with Crippen molar-refractivity contribution in [3.8, 4) is 11.1 Å². The van der Waals surface area contributed by atoms with Crippen LogP contribution in [0.1, 0.15) is 153 Å². The average molecular weight is 828 g/mol. The summed E-state index contributed by atoms with van der Waals surface area (Å²) in [5.74, 6) is 2.82. The molecular formula is C52H65N3O6. The second-order valence-corrected chi connectivity index (χ2v) is 24.4. The van der Waals surface area contributed by atoms with E-state index in [9.17, 15) is 9.59 Å². The summed E-state index contributed by atoms with van der Waals surface area (Å²) in [6, 6.07) is 16.8. The molecule has 6 unspecified atom stereocenters. The Morgan fingerprint density at radius 1 is 0.541 bits per heavy atom. The Balaban J connectivity index is 0.746. The van der Waals surface area contributed by atoms with Crippen LogP contribution in [0, 0.1) is 51.8 Å². The molecule has 2 aromatic rings. The van der Waals surface area contributed by atoms with Gasteiger partial charge in [-0.1, -0.05) is 48.5 Å². The molecule has 3 amide bonds. The Morgan fingerprint density at radius 3 is 1.34 bits per heavy atom. The van der Waals surface area contributed by atoms with E-state index >= 15 is 9.59 Å². The van der Waals surface area contributed by atoms with Gasteiger partial charge in [-0.3, -0.25) is 14.4 Å². The highest BCUT2D eigenvalue weighted by atomic mass is 16.6. The molecule has 13 aliphatic rings. The SMILES string of the molecule is CC(C)(C)OC(=O)C12C[C@@H]3C[C@@H](CC(NC(=O)C45C[C@@H]6C[C@@H](CC(NC(=O)C78C[C@@H]9C[C@@H](CC(NC(=O)OCC%10c%11ccccc%11-c%11ccccc%11%10)(C9)C7)C8)(C6)C4)C5)(C3)C1)C2. The zero-order valence-corrected chi connectivity index (χ0v) is 36.5. The molecule has 13 aliphatic carbocycles. The molecule has 2 aromatic carbocycles. The summed E-state index contributed by atoms with van der Waals surface area (Å²) in [6.07, 6.45) is 16.0. The molecule has 0 heterocycles.